The molecule has 0 spiro atoms. The molecule has 0 radical (unpaired) electrons. The van der Waals surface area contributed by atoms with Crippen molar-refractivity contribution in [1.29, 1.82) is 0 Å². The van der Waals surface area contributed by atoms with E-state index in [9.17, 15) is 13.2 Å². The highest BCUT2D eigenvalue weighted by atomic mass is 19.4. The minimum absolute atomic E-state index is 0.0109. The number of benzene rings is 1. The number of nitrogens with zero attached hydrogens (tertiary/aromatic N) is 2. The molecule has 1 aromatic heterocycles. The standard InChI is InChI=1S/C12H14F3N3/c1-7(6-16)11-17-9-5-8(12(13,14)15)3-4-10(9)18(11)2/h3-5,7H,6,16H2,1-2H3. The normalized spacial score (nSPS) is 14.1. The zero-order valence-corrected chi connectivity index (χ0v) is 10.1. The number of hydrogen-bond acceptors (Lipinski definition) is 2. The van der Waals surface area contributed by atoms with Gasteiger partial charge in [-0.15, -0.1) is 0 Å². The first-order valence-corrected chi connectivity index (χ1v) is 5.58. The SMILES string of the molecule is CC(CN)c1nc2cc(C(F)(F)F)ccc2n1C. The van der Waals surface area contributed by atoms with Crippen molar-refractivity contribution in [2.45, 2.75) is 19.0 Å². The van der Waals surface area contributed by atoms with Crippen LogP contribution < -0.4 is 5.73 Å². The fraction of sp³-hybridized carbons (Fsp3) is 0.417. The molecule has 3 nitrogen and oxygen atoms in total. The van der Waals surface area contributed by atoms with Crippen LogP contribution in [0.1, 0.15) is 24.2 Å². The predicted octanol–water partition coefficient (Wildman–Crippen LogP) is 2.65. The summed E-state index contributed by atoms with van der Waals surface area (Å²) in [7, 11) is 1.78. The molecule has 0 aliphatic heterocycles. The largest absolute Gasteiger partial charge is 0.416 e. The molecule has 2 aromatic rings. The highest BCUT2D eigenvalue weighted by Crippen LogP contribution is 2.31. The van der Waals surface area contributed by atoms with E-state index < -0.39 is 11.7 Å². The smallest absolute Gasteiger partial charge is 0.331 e. The average Bonchev–Trinajstić information content (AvgIpc) is 2.64. The molecular formula is C12H14F3N3. The Morgan fingerprint density at radius 2 is 2.06 bits per heavy atom. The van der Waals surface area contributed by atoms with Gasteiger partial charge < -0.3 is 10.3 Å². The Morgan fingerprint density at radius 1 is 1.39 bits per heavy atom. The fourth-order valence-electron chi connectivity index (χ4n) is 1.94. The molecule has 0 amide bonds. The van der Waals surface area contributed by atoms with Gasteiger partial charge in [-0.2, -0.15) is 13.2 Å². The number of imidazole rings is 1. The molecule has 0 saturated carbocycles. The summed E-state index contributed by atoms with van der Waals surface area (Å²) < 4.78 is 39.6. The molecule has 6 heteroatoms. The van der Waals surface area contributed by atoms with E-state index in [4.69, 9.17) is 5.73 Å². The molecule has 0 fully saturated rings. The highest BCUT2D eigenvalue weighted by molar-refractivity contribution is 5.77. The second kappa shape index (κ2) is 4.28. The first-order valence-electron chi connectivity index (χ1n) is 5.58. The number of nitrogens with two attached hydrogens (primary N) is 1. The summed E-state index contributed by atoms with van der Waals surface area (Å²) in [6.45, 7) is 2.30. The Balaban J connectivity index is 2.59. The number of aromatic nitrogens is 2. The van der Waals surface area contributed by atoms with Gasteiger partial charge in [0.2, 0.25) is 0 Å². The van der Waals surface area contributed by atoms with Crippen LogP contribution in [0.25, 0.3) is 11.0 Å². The third-order valence-corrected chi connectivity index (χ3v) is 3.04. The number of aryl methyl sites for hydroxylation is 1. The van der Waals surface area contributed by atoms with Gasteiger partial charge in [0, 0.05) is 19.5 Å². The van der Waals surface area contributed by atoms with E-state index in [-0.39, 0.29) is 5.92 Å². The van der Waals surface area contributed by atoms with Crippen molar-refractivity contribution in [3.8, 4) is 0 Å². The van der Waals surface area contributed by atoms with Crippen molar-refractivity contribution in [2.24, 2.45) is 12.8 Å². The molecule has 1 heterocycles. The molecule has 1 aromatic carbocycles. The first kappa shape index (κ1) is 12.9. The van der Waals surface area contributed by atoms with Gasteiger partial charge in [-0.3, -0.25) is 0 Å². The predicted molar refractivity (Wildman–Crippen MR) is 63.2 cm³/mol. The van der Waals surface area contributed by atoms with E-state index in [2.05, 4.69) is 4.98 Å². The number of halogens is 3. The van der Waals surface area contributed by atoms with Crippen molar-refractivity contribution in [2.75, 3.05) is 6.54 Å². The molecule has 2 N–H and O–H groups in total. The van der Waals surface area contributed by atoms with Crippen LogP contribution in [-0.2, 0) is 13.2 Å². The maximum Gasteiger partial charge on any atom is 0.416 e. The molecule has 0 aliphatic rings. The molecule has 0 saturated heterocycles. The summed E-state index contributed by atoms with van der Waals surface area (Å²) in [5, 5.41) is 0. The Bertz CT molecular complexity index is 572. The minimum Gasteiger partial charge on any atom is -0.331 e. The summed E-state index contributed by atoms with van der Waals surface area (Å²) in [5.41, 5.74) is 5.91. The van der Waals surface area contributed by atoms with Crippen LogP contribution >= 0.6 is 0 Å². The Morgan fingerprint density at radius 3 is 2.61 bits per heavy atom. The lowest BCUT2D eigenvalue weighted by molar-refractivity contribution is -0.137. The van der Waals surface area contributed by atoms with E-state index >= 15 is 0 Å². The van der Waals surface area contributed by atoms with Crippen molar-refractivity contribution >= 4 is 11.0 Å². The van der Waals surface area contributed by atoms with E-state index in [0.29, 0.717) is 23.4 Å². The minimum atomic E-state index is -4.34. The van der Waals surface area contributed by atoms with Gasteiger partial charge in [-0.25, -0.2) is 4.98 Å². The Hall–Kier alpha value is -1.56. The molecule has 1 unspecified atom stereocenters. The molecule has 98 valence electrons. The van der Waals surface area contributed by atoms with Crippen molar-refractivity contribution in [3.63, 3.8) is 0 Å². The number of alkyl halides is 3. The summed E-state index contributed by atoms with van der Waals surface area (Å²) >= 11 is 0. The molecule has 18 heavy (non-hydrogen) atoms. The monoisotopic (exact) mass is 257 g/mol. The third kappa shape index (κ3) is 2.08. The lowest BCUT2D eigenvalue weighted by Crippen LogP contribution is -2.13. The van der Waals surface area contributed by atoms with Crippen LogP contribution in [0.4, 0.5) is 13.2 Å². The van der Waals surface area contributed by atoms with Crippen molar-refractivity contribution in [1.82, 2.24) is 9.55 Å². The maximum absolute atomic E-state index is 12.6. The number of fused-ring (bicyclic) bond motifs is 1. The van der Waals surface area contributed by atoms with Gasteiger partial charge in [-0.1, -0.05) is 6.92 Å². The quantitative estimate of drug-likeness (QED) is 0.898. The van der Waals surface area contributed by atoms with Gasteiger partial charge in [-0.05, 0) is 18.2 Å². The molecule has 2 rings (SSSR count). The van der Waals surface area contributed by atoms with Gasteiger partial charge in [0.15, 0.2) is 0 Å². The second-order valence-corrected chi connectivity index (χ2v) is 4.37. The zero-order chi connectivity index (χ0) is 13.5. The van der Waals surface area contributed by atoms with Gasteiger partial charge >= 0.3 is 6.18 Å². The third-order valence-electron chi connectivity index (χ3n) is 3.04. The van der Waals surface area contributed by atoms with Crippen LogP contribution in [0.2, 0.25) is 0 Å². The fourth-order valence-corrected chi connectivity index (χ4v) is 1.94. The van der Waals surface area contributed by atoms with Gasteiger partial charge in [0.1, 0.15) is 5.82 Å². The summed E-state index contributed by atoms with van der Waals surface area (Å²) in [6.07, 6.45) is -4.34. The molecule has 0 bridgehead atoms. The highest BCUT2D eigenvalue weighted by Gasteiger charge is 2.31. The zero-order valence-electron chi connectivity index (χ0n) is 10.1. The van der Waals surface area contributed by atoms with Crippen LogP contribution in [0.3, 0.4) is 0 Å². The van der Waals surface area contributed by atoms with Gasteiger partial charge in [0.05, 0.1) is 16.6 Å². The Kier molecular flexibility index (Phi) is 3.06. The lowest BCUT2D eigenvalue weighted by Gasteiger charge is -2.08. The summed E-state index contributed by atoms with van der Waals surface area (Å²) in [6, 6.07) is 3.58. The molecule has 1 atom stereocenters. The first-order chi connectivity index (χ1) is 8.34. The second-order valence-electron chi connectivity index (χ2n) is 4.37. The van der Waals surface area contributed by atoms with Crippen LogP contribution in [-0.4, -0.2) is 16.1 Å². The molecule has 0 aliphatic carbocycles. The van der Waals surface area contributed by atoms with Crippen molar-refractivity contribution < 1.29 is 13.2 Å². The van der Waals surface area contributed by atoms with E-state index in [1.165, 1.54) is 6.07 Å². The number of rotatable bonds is 2. The van der Waals surface area contributed by atoms with Crippen LogP contribution in [0.15, 0.2) is 18.2 Å². The molecular weight excluding hydrogens is 243 g/mol. The van der Waals surface area contributed by atoms with Crippen molar-refractivity contribution in [3.05, 3.63) is 29.6 Å². The topological polar surface area (TPSA) is 43.8 Å². The number of hydrogen-bond donors (Lipinski definition) is 1. The Labute approximate surface area is 102 Å². The van der Waals surface area contributed by atoms with Crippen LogP contribution in [0.5, 0.6) is 0 Å². The summed E-state index contributed by atoms with van der Waals surface area (Å²) in [4.78, 5) is 4.24. The maximum atomic E-state index is 12.6. The lowest BCUT2D eigenvalue weighted by atomic mass is 10.2. The van der Waals surface area contributed by atoms with E-state index in [1.807, 2.05) is 6.92 Å². The average molecular weight is 257 g/mol. The van der Waals surface area contributed by atoms with E-state index in [0.717, 1.165) is 12.1 Å². The van der Waals surface area contributed by atoms with E-state index in [1.54, 1.807) is 11.6 Å². The summed E-state index contributed by atoms with van der Waals surface area (Å²) in [5.74, 6) is 0.712. The van der Waals surface area contributed by atoms with Crippen LogP contribution in [0, 0.1) is 0 Å². The van der Waals surface area contributed by atoms with Gasteiger partial charge in [0.25, 0.3) is 0 Å².